The van der Waals surface area contributed by atoms with Gasteiger partial charge in [0.05, 0.1) is 5.92 Å². The molecule has 1 atom stereocenters. The molecule has 0 saturated carbocycles. The predicted molar refractivity (Wildman–Crippen MR) is 88.6 cm³/mol. The lowest BCUT2D eigenvalue weighted by Crippen LogP contribution is -2.40. The van der Waals surface area contributed by atoms with Gasteiger partial charge in [0.25, 0.3) is 0 Å². The van der Waals surface area contributed by atoms with Crippen LogP contribution >= 0.6 is 12.4 Å². The highest BCUT2D eigenvalue weighted by Gasteiger charge is 2.27. The van der Waals surface area contributed by atoms with E-state index in [-0.39, 0.29) is 18.3 Å². The molecule has 1 aliphatic rings. The lowest BCUT2D eigenvalue weighted by Gasteiger charge is -2.27. The average Bonchev–Trinajstić information content (AvgIpc) is 2.97. The Hall–Kier alpha value is -1.10. The molecule has 4 nitrogen and oxygen atoms in total. The van der Waals surface area contributed by atoms with E-state index in [0.717, 1.165) is 32.6 Å². The van der Waals surface area contributed by atoms with Gasteiger partial charge in [0.15, 0.2) is 0 Å². The molecule has 1 N–H and O–H groups in total. The Bertz CT molecular complexity index is 419. The number of amides is 1. The van der Waals surface area contributed by atoms with Crippen molar-refractivity contribution in [1.82, 2.24) is 15.1 Å². The van der Waals surface area contributed by atoms with Crippen LogP contribution < -0.4 is 5.32 Å². The van der Waals surface area contributed by atoms with Crippen molar-refractivity contribution in [3.63, 3.8) is 0 Å². The number of benzene rings is 1. The van der Waals surface area contributed by atoms with Gasteiger partial charge in [-0.3, -0.25) is 4.79 Å². The molecule has 1 amide bonds. The minimum atomic E-state index is 0. The van der Waals surface area contributed by atoms with Crippen LogP contribution in [0.5, 0.6) is 0 Å². The maximum atomic E-state index is 12.6. The summed E-state index contributed by atoms with van der Waals surface area (Å²) in [5, 5.41) is 3.28. The molecule has 1 fully saturated rings. The van der Waals surface area contributed by atoms with E-state index in [0.29, 0.717) is 12.5 Å². The normalized spacial score (nSPS) is 17.6. The van der Waals surface area contributed by atoms with E-state index in [1.807, 2.05) is 37.2 Å². The van der Waals surface area contributed by atoms with Gasteiger partial charge in [0, 0.05) is 26.2 Å². The summed E-state index contributed by atoms with van der Waals surface area (Å²) in [5.74, 6) is 0.446. The molecule has 118 valence electrons. The van der Waals surface area contributed by atoms with Crippen LogP contribution in [0.1, 0.15) is 12.0 Å². The second-order valence-corrected chi connectivity index (χ2v) is 5.74. The lowest BCUT2D eigenvalue weighted by molar-refractivity contribution is -0.135. The topological polar surface area (TPSA) is 35.6 Å². The maximum Gasteiger partial charge on any atom is 0.227 e. The third-order valence-corrected chi connectivity index (χ3v) is 3.75. The largest absolute Gasteiger partial charge is 0.337 e. The molecule has 1 aliphatic heterocycles. The van der Waals surface area contributed by atoms with Crippen LogP contribution in [0.3, 0.4) is 0 Å². The molecule has 5 heteroatoms. The predicted octanol–water partition coefficient (Wildman–Crippen LogP) is 1.61. The summed E-state index contributed by atoms with van der Waals surface area (Å²) in [6, 6.07) is 10.2. The van der Waals surface area contributed by atoms with Crippen LogP contribution in [0.2, 0.25) is 0 Å². The van der Waals surface area contributed by atoms with Crippen LogP contribution in [-0.2, 0) is 11.3 Å². The third-order valence-electron chi connectivity index (χ3n) is 3.75. The second-order valence-electron chi connectivity index (χ2n) is 5.74. The van der Waals surface area contributed by atoms with Crippen molar-refractivity contribution in [2.45, 2.75) is 13.0 Å². The zero-order chi connectivity index (χ0) is 14.4. The second kappa shape index (κ2) is 9.03. The van der Waals surface area contributed by atoms with Gasteiger partial charge in [-0.15, -0.1) is 12.4 Å². The molecule has 1 heterocycles. The third kappa shape index (κ3) is 5.65. The fourth-order valence-corrected chi connectivity index (χ4v) is 2.52. The van der Waals surface area contributed by atoms with Crippen LogP contribution in [0.4, 0.5) is 0 Å². The van der Waals surface area contributed by atoms with E-state index >= 15 is 0 Å². The number of likely N-dealkylation sites (N-methyl/N-ethyl adjacent to an activating group) is 1. The molecule has 0 aromatic heterocycles. The van der Waals surface area contributed by atoms with Gasteiger partial charge in [-0.2, -0.15) is 0 Å². The van der Waals surface area contributed by atoms with Gasteiger partial charge in [-0.1, -0.05) is 30.3 Å². The Morgan fingerprint density at radius 2 is 1.95 bits per heavy atom. The minimum Gasteiger partial charge on any atom is -0.337 e. The standard InChI is InChI=1S/C16H25N3O.ClH/c1-18(2)10-11-19(13-14-6-4-3-5-7-14)16(20)15-8-9-17-12-15;/h3-7,15,17H,8-13H2,1-2H3;1H. The number of nitrogens with zero attached hydrogens (tertiary/aromatic N) is 2. The van der Waals surface area contributed by atoms with E-state index in [4.69, 9.17) is 0 Å². The number of halogens is 1. The highest BCUT2D eigenvalue weighted by molar-refractivity contribution is 5.85. The van der Waals surface area contributed by atoms with Gasteiger partial charge in [0.1, 0.15) is 0 Å². The molecule has 0 radical (unpaired) electrons. The average molecular weight is 312 g/mol. The monoisotopic (exact) mass is 311 g/mol. The molecule has 1 saturated heterocycles. The van der Waals surface area contributed by atoms with Crippen molar-refractivity contribution in [3.8, 4) is 0 Å². The van der Waals surface area contributed by atoms with E-state index in [2.05, 4.69) is 22.3 Å². The fourth-order valence-electron chi connectivity index (χ4n) is 2.52. The highest BCUT2D eigenvalue weighted by atomic mass is 35.5. The molecule has 2 rings (SSSR count). The van der Waals surface area contributed by atoms with Crippen molar-refractivity contribution in [2.75, 3.05) is 40.3 Å². The maximum absolute atomic E-state index is 12.6. The first-order chi connectivity index (χ1) is 9.66. The number of nitrogens with one attached hydrogen (secondary N) is 1. The SMILES string of the molecule is CN(C)CCN(Cc1ccccc1)C(=O)C1CCNC1.Cl. The van der Waals surface area contributed by atoms with E-state index in [1.165, 1.54) is 5.56 Å². The summed E-state index contributed by atoms with van der Waals surface area (Å²) in [5.41, 5.74) is 1.20. The van der Waals surface area contributed by atoms with E-state index in [9.17, 15) is 4.79 Å². The van der Waals surface area contributed by atoms with Crippen molar-refractivity contribution >= 4 is 18.3 Å². The highest BCUT2D eigenvalue weighted by Crippen LogP contribution is 2.14. The molecule has 1 aromatic rings. The molecule has 21 heavy (non-hydrogen) atoms. The minimum absolute atomic E-state index is 0. The number of hydrogen-bond donors (Lipinski definition) is 1. The van der Waals surface area contributed by atoms with Crippen molar-refractivity contribution in [3.05, 3.63) is 35.9 Å². The first-order valence-corrected chi connectivity index (χ1v) is 7.35. The summed E-state index contributed by atoms with van der Waals surface area (Å²) in [6.07, 6.45) is 0.964. The van der Waals surface area contributed by atoms with Crippen LogP contribution in [0, 0.1) is 5.92 Å². The molecule has 0 spiro atoms. The molecule has 1 aromatic carbocycles. The summed E-state index contributed by atoms with van der Waals surface area (Å²) < 4.78 is 0. The Morgan fingerprint density at radius 1 is 1.24 bits per heavy atom. The summed E-state index contributed by atoms with van der Waals surface area (Å²) in [6.45, 7) is 4.19. The van der Waals surface area contributed by atoms with Gasteiger partial charge in [-0.25, -0.2) is 0 Å². The van der Waals surface area contributed by atoms with Crippen molar-refractivity contribution in [2.24, 2.45) is 5.92 Å². The fraction of sp³-hybridized carbons (Fsp3) is 0.562. The summed E-state index contributed by atoms with van der Waals surface area (Å²) in [4.78, 5) is 16.8. The lowest BCUT2D eigenvalue weighted by atomic mass is 10.1. The molecule has 0 bridgehead atoms. The molecule has 1 unspecified atom stereocenters. The first-order valence-electron chi connectivity index (χ1n) is 7.35. The Kier molecular flexibility index (Phi) is 7.72. The van der Waals surface area contributed by atoms with Crippen molar-refractivity contribution < 1.29 is 4.79 Å². The van der Waals surface area contributed by atoms with E-state index < -0.39 is 0 Å². The van der Waals surface area contributed by atoms with Gasteiger partial charge in [-0.05, 0) is 32.6 Å². The van der Waals surface area contributed by atoms with Gasteiger partial charge < -0.3 is 15.1 Å². The zero-order valence-corrected chi connectivity index (χ0v) is 13.7. The molecular formula is C16H26ClN3O. The van der Waals surface area contributed by atoms with Crippen LogP contribution in [0.25, 0.3) is 0 Å². The molecule has 0 aliphatic carbocycles. The Morgan fingerprint density at radius 3 is 2.52 bits per heavy atom. The Balaban J connectivity index is 0.00000220. The zero-order valence-electron chi connectivity index (χ0n) is 12.9. The Labute approximate surface area is 133 Å². The molecular weight excluding hydrogens is 286 g/mol. The van der Waals surface area contributed by atoms with Gasteiger partial charge in [0.2, 0.25) is 5.91 Å². The van der Waals surface area contributed by atoms with Crippen LogP contribution in [-0.4, -0.2) is 56.0 Å². The first kappa shape index (κ1) is 18.0. The number of carbonyl (C=O) groups excluding carboxylic acids is 1. The van der Waals surface area contributed by atoms with E-state index in [1.54, 1.807) is 0 Å². The quantitative estimate of drug-likeness (QED) is 0.867. The number of rotatable bonds is 6. The number of carbonyl (C=O) groups is 1. The van der Waals surface area contributed by atoms with Crippen LogP contribution in [0.15, 0.2) is 30.3 Å². The summed E-state index contributed by atoms with van der Waals surface area (Å²) in [7, 11) is 4.09. The number of hydrogen-bond acceptors (Lipinski definition) is 3. The smallest absolute Gasteiger partial charge is 0.227 e. The summed E-state index contributed by atoms with van der Waals surface area (Å²) >= 11 is 0. The van der Waals surface area contributed by atoms with Crippen molar-refractivity contribution in [1.29, 1.82) is 0 Å². The van der Waals surface area contributed by atoms with Gasteiger partial charge >= 0.3 is 0 Å².